The van der Waals surface area contributed by atoms with E-state index in [1.54, 1.807) is 0 Å². The summed E-state index contributed by atoms with van der Waals surface area (Å²) in [6.45, 7) is 0. The maximum absolute atomic E-state index is 10.5. The average Bonchev–Trinajstić information content (AvgIpc) is 2.70. The third kappa shape index (κ3) is 1.14. The van der Waals surface area contributed by atoms with Crippen LogP contribution in [0, 0.1) is 10.1 Å². The van der Waals surface area contributed by atoms with Crippen molar-refractivity contribution in [2.75, 3.05) is 5.84 Å². The second-order valence-corrected chi connectivity index (χ2v) is 2.33. The summed E-state index contributed by atoms with van der Waals surface area (Å²) >= 11 is 0. The Balaban J connectivity index is 2.58. The topological polar surface area (TPSA) is 131 Å². The number of hydrogen-bond acceptors (Lipinski definition) is 7. The van der Waals surface area contributed by atoms with Gasteiger partial charge in [-0.3, -0.25) is 10.1 Å². The Morgan fingerprint density at radius 2 is 2.36 bits per heavy atom. The van der Waals surface area contributed by atoms with E-state index < -0.39 is 4.92 Å². The van der Waals surface area contributed by atoms with Crippen molar-refractivity contribution >= 4 is 5.69 Å². The van der Waals surface area contributed by atoms with Crippen LogP contribution in [0.25, 0.3) is 5.82 Å². The molecule has 10 heteroatoms. The third-order valence-corrected chi connectivity index (χ3v) is 1.46. The molecule has 0 bridgehead atoms. The van der Waals surface area contributed by atoms with Crippen LogP contribution in [0.5, 0.6) is 0 Å². The summed E-state index contributed by atoms with van der Waals surface area (Å²) in [6.07, 6.45) is 2.26. The molecule has 0 aliphatic rings. The van der Waals surface area contributed by atoms with Crippen molar-refractivity contribution in [1.82, 2.24) is 30.1 Å². The van der Waals surface area contributed by atoms with Crippen LogP contribution in [-0.4, -0.2) is 35.0 Å². The lowest BCUT2D eigenvalue weighted by Gasteiger charge is -1.90. The quantitative estimate of drug-likeness (QED) is 0.350. The summed E-state index contributed by atoms with van der Waals surface area (Å²) < 4.78 is 1.06. The molecule has 0 spiro atoms. The second kappa shape index (κ2) is 2.76. The smallest absolute Gasteiger partial charge is 0.323 e. The summed E-state index contributed by atoms with van der Waals surface area (Å²) in [7, 11) is 0. The SMILES string of the molecule is Nn1cc([N+](=O)[O-])c(-n2cnnn2)n1. The first-order chi connectivity index (χ1) is 6.68. The molecule has 2 heterocycles. The molecule has 2 aromatic rings. The first-order valence-corrected chi connectivity index (χ1v) is 3.41. The Labute approximate surface area is 76.0 Å². The van der Waals surface area contributed by atoms with Gasteiger partial charge in [0.2, 0.25) is 0 Å². The van der Waals surface area contributed by atoms with Crippen molar-refractivity contribution in [2.45, 2.75) is 0 Å². The van der Waals surface area contributed by atoms with Crippen molar-refractivity contribution < 1.29 is 4.92 Å². The van der Waals surface area contributed by atoms with Gasteiger partial charge in [0.05, 0.1) is 4.92 Å². The molecule has 2 rings (SSSR count). The van der Waals surface area contributed by atoms with Crippen LogP contribution < -0.4 is 5.84 Å². The zero-order chi connectivity index (χ0) is 10.1. The number of hydrogen-bond donors (Lipinski definition) is 1. The Morgan fingerprint density at radius 3 is 2.93 bits per heavy atom. The maximum Gasteiger partial charge on any atom is 0.335 e. The molecular weight excluding hydrogens is 192 g/mol. The molecule has 0 saturated heterocycles. The normalized spacial score (nSPS) is 10.3. The molecule has 0 aromatic carbocycles. The van der Waals surface area contributed by atoms with Gasteiger partial charge in [-0.25, -0.2) is 0 Å². The molecular formula is C4H4N8O2. The molecule has 2 aromatic heterocycles. The fourth-order valence-electron chi connectivity index (χ4n) is 0.923. The molecule has 14 heavy (non-hydrogen) atoms. The summed E-state index contributed by atoms with van der Waals surface area (Å²) in [6, 6.07) is 0. The minimum atomic E-state index is -0.618. The number of nitrogens with zero attached hydrogens (tertiary/aromatic N) is 7. The predicted octanol–water partition coefficient (Wildman–Crippen LogP) is -1.52. The van der Waals surface area contributed by atoms with E-state index in [2.05, 4.69) is 20.6 Å². The van der Waals surface area contributed by atoms with Gasteiger partial charge in [-0.05, 0) is 10.4 Å². The largest absolute Gasteiger partial charge is 0.335 e. The van der Waals surface area contributed by atoms with E-state index in [1.165, 1.54) is 6.33 Å². The average molecular weight is 196 g/mol. The van der Waals surface area contributed by atoms with Gasteiger partial charge in [0.15, 0.2) is 0 Å². The highest BCUT2D eigenvalue weighted by molar-refractivity contribution is 5.43. The standard InChI is InChI=1S/C4H4N8O2/c5-11-1-3(12(13)14)4(7-11)10-2-6-8-9-10/h1-2H,5H2. The maximum atomic E-state index is 10.5. The molecule has 0 unspecified atom stereocenters. The first kappa shape index (κ1) is 8.10. The van der Waals surface area contributed by atoms with E-state index in [9.17, 15) is 10.1 Å². The van der Waals surface area contributed by atoms with Gasteiger partial charge in [0.1, 0.15) is 12.5 Å². The van der Waals surface area contributed by atoms with Crippen LogP contribution in [0.3, 0.4) is 0 Å². The van der Waals surface area contributed by atoms with Crippen LogP contribution in [0.4, 0.5) is 5.69 Å². The molecule has 0 aliphatic heterocycles. The highest BCUT2D eigenvalue weighted by atomic mass is 16.6. The molecule has 72 valence electrons. The van der Waals surface area contributed by atoms with Gasteiger partial charge in [0.25, 0.3) is 5.82 Å². The van der Waals surface area contributed by atoms with Gasteiger partial charge < -0.3 is 5.84 Å². The van der Waals surface area contributed by atoms with Crippen molar-refractivity contribution in [1.29, 1.82) is 0 Å². The van der Waals surface area contributed by atoms with E-state index in [0.29, 0.717) is 0 Å². The molecule has 0 atom stereocenters. The molecule has 0 amide bonds. The highest BCUT2D eigenvalue weighted by Crippen LogP contribution is 2.17. The number of rotatable bonds is 2. The first-order valence-electron chi connectivity index (χ1n) is 3.41. The molecule has 0 saturated carbocycles. The molecule has 0 fully saturated rings. The second-order valence-electron chi connectivity index (χ2n) is 2.33. The molecule has 0 aliphatic carbocycles. The zero-order valence-electron chi connectivity index (χ0n) is 6.68. The van der Waals surface area contributed by atoms with Crippen LogP contribution in [0.2, 0.25) is 0 Å². The lowest BCUT2D eigenvalue weighted by atomic mass is 10.5. The van der Waals surface area contributed by atoms with Gasteiger partial charge >= 0.3 is 5.69 Å². The van der Waals surface area contributed by atoms with Crippen LogP contribution in [0.1, 0.15) is 0 Å². The van der Waals surface area contributed by atoms with Crippen LogP contribution in [0.15, 0.2) is 12.5 Å². The van der Waals surface area contributed by atoms with E-state index in [1.807, 2.05) is 0 Å². The number of aromatic nitrogens is 6. The Hall–Kier alpha value is -2.52. The van der Waals surface area contributed by atoms with E-state index in [-0.39, 0.29) is 11.5 Å². The summed E-state index contributed by atoms with van der Waals surface area (Å²) in [5, 5.41) is 24.3. The van der Waals surface area contributed by atoms with Crippen molar-refractivity contribution in [3.63, 3.8) is 0 Å². The fourth-order valence-corrected chi connectivity index (χ4v) is 0.923. The van der Waals surface area contributed by atoms with Crippen molar-refractivity contribution in [3.05, 3.63) is 22.6 Å². The number of nitrogens with two attached hydrogens (primary N) is 1. The van der Waals surface area contributed by atoms with E-state index in [4.69, 9.17) is 5.84 Å². The monoisotopic (exact) mass is 196 g/mol. The van der Waals surface area contributed by atoms with Gasteiger partial charge in [0, 0.05) is 0 Å². The lowest BCUT2D eigenvalue weighted by Crippen LogP contribution is -2.09. The Kier molecular flexibility index (Phi) is 1.59. The summed E-state index contributed by atoms with van der Waals surface area (Å²) in [5.41, 5.74) is -0.264. The van der Waals surface area contributed by atoms with E-state index >= 15 is 0 Å². The van der Waals surface area contributed by atoms with Gasteiger partial charge in [-0.15, -0.1) is 10.2 Å². The summed E-state index contributed by atoms with van der Waals surface area (Å²) in [4.78, 5) is 10.8. The number of tetrazole rings is 1. The fraction of sp³-hybridized carbons (Fsp3) is 0. The van der Waals surface area contributed by atoms with Crippen molar-refractivity contribution in [3.8, 4) is 5.82 Å². The van der Waals surface area contributed by atoms with E-state index in [0.717, 1.165) is 15.7 Å². The van der Waals surface area contributed by atoms with Crippen LogP contribution in [-0.2, 0) is 0 Å². The number of nitrogen functional groups attached to an aromatic ring is 1. The lowest BCUT2D eigenvalue weighted by molar-refractivity contribution is -0.384. The molecule has 0 radical (unpaired) electrons. The highest BCUT2D eigenvalue weighted by Gasteiger charge is 2.21. The third-order valence-electron chi connectivity index (χ3n) is 1.46. The Bertz CT molecular complexity index is 458. The minimum Gasteiger partial charge on any atom is -0.323 e. The van der Waals surface area contributed by atoms with Gasteiger partial charge in [-0.1, -0.05) is 0 Å². The number of nitro groups is 1. The van der Waals surface area contributed by atoms with Crippen LogP contribution >= 0.6 is 0 Å². The predicted molar refractivity (Wildman–Crippen MR) is 41.7 cm³/mol. The van der Waals surface area contributed by atoms with Crippen molar-refractivity contribution in [2.24, 2.45) is 0 Å². The minimum absolute atomic E-state index is 0.0255. The zero-order valence-corrected chi connectivity index (χ0v) is 6.68. The molecule has 2 N–H and O–H groups in total. The molecule has 10 nitrogen and oxygen atoms in total. The van der Waals surface area contributed by atoms with Gasteiger partial charge in [-0.2, -0.15) is 9.47 Å². The Morgan fingerprint density at radius 1 is 1.57 bits per heavy atom. The summed E-state index contributed by atoms with van der Waals surface area (Å²) in [5.74, 6) is 5.22.